The van der Waals surface area contributed by atoms with Gasteiger partial charge >= 0.3 is 0 Å². The Labute approximate surface area is 220 Å². The van der Waals surface area contributed by atoms with Crippen LogP contribution in [-0.2, 0) is 16.1 Å². The minimum absolute atomic E-state index is 0.0489. The van der Waals surface area contributed by atoms with E-state index in [1.165, 1.54) is 30.5 Å². The van der Waals surface area contributed by atoms with Crippen LogP contribution in [0.2, 0.25) is 0 Å². The highest BCUT2D eigenvalue weighted by atomic mass is 16.6. The number of phenols is 2. The number of nitrogens with one attached hydrogen (secondary N) is 1. The Morgan fingerprint density at radius 1 is 1.05 bits per heavy atom. The monoisotopic (exact) mass is 510 g/mol. The summed E-state index contributed by atoms with van der Waals surface area (Å²) in [7, 11) is 0. The maximum absolute atomic E-state index is 12.2. The Kier molecular flexibility index (Phi) is 6.80. The Morgan fingerprint density at radius 3 is 2.62 bits per heavy atom. The van der Waals surface area contributed by atoms with Crippen LogP contribution in [0.15, 0.2) is 35.0 Å². The predicted octanol–water partition coefficient (Wildman–Crippen LogP) is 4.84. The first kappa shape index (κ1) is 26.1. The van der Waals surface area contributed by atoms with E-state index in [1.807, 2.05) is 0 Å². The van der Waals surface area contributed by atoms with E-state index in [1.54, 1.807) is 6.07 Å². The molecule has 7 nitrogen and oxygen atoms in total. The van der Waals surface area contributed by atoms with E-state index in [-0.39, 0.29) is 34.8 Å². The molecule has 1 aromatic carbocycles. The highest BCUT2D eigenvalue weighted by molar-refractivity contribution is 5.96. The molecule has 4 N–H and O–H groups in total. The molecule has 4 aliphatic carbocycles. The molecular formula is C30H42N2O5. The van der Waals surface area contributed by atoms with Gasteiger partial charge in [0, 0.05) is 6.54 Å². The SMILES string of the molecule is CC12CCC(=NOCC(=O)NCCc3ccc(O)c(O)c3)C=C1CCC1C2CCC2(C)C1CCC2(C)O. The van der Waals surface area contributed by atoms with Gasteiger partial charge in [0.1, 0.15) is 0 Å². The van der Waals surface area contributed by atoms with Crippen molar-refractivity contribution in [3.8, 4) is 11.5 Å². The molecule has 37 heavy (non-hydrogen) atoms. The molecule has 1 amide bonds. The molecule has 0 heterocycles. The molecular weight excluding hydrogens is 468 g/mol. The molecule has 3 fully saturated rings. The van der Waals surface area contributed by atoms with E-state index in [0.717, 1.165) is 49.8 Å². The number of aliphatic hydroxyl groups is 1. The van der Waals surface area contributed by atoms with Crippen LogP contribution in [0.25, 0.3) is 0 Å². The zero-order valence-electron chi connectivity index (χ0n) is 22.4. The van der Waals surface area contributed by atoms with E-state index in [0.29, 0.717) is 30.7 Å². The fraction of sp³-hybridized carbons (Fsp3) is 0.667. The quantitative estimate of drug-likeness (QED) is 0.323. The van der Waals surface area contributed by atoms with E-state index in [2.05, 4.69) is 37.3 Å². The van der Waals surface area contributed by atoms with Crippen LogP contribution in [0.1, 0.15) is 77.7 Å². The molecule has 0 bridgehead atoms. The molecule has 3 saturated carbocycles. The number of aromatic hydroxyl groups is 2. The minimum atomic E-state index is -0.538. The van der Waals surface area contributed by atoms with Gasteiger partial charge in [-0.1, -0.05) is 30.6 Å². The van der Waals surface area contributed by atoms with Gasteiger partial charge in [-0.15, -0.1) is 0 Å². The van der Waals surface area contributed by atoms with Crippen molar-refractivity contribution in [2.45, 2.75) is 84.2 Å². The second-order valence-electron chi connectivity index (χ2n) is 12.6. The standard InChI is InChI=1S/C30H42N2O5/c1-28-12-8-21(32-37-18-27(35)31-15-11-19-4-7-25(33)26(34)16-19)17-20(28)5-6-22-23(28)9-13-29(2)24(22)10-14-30(29,3)36/h4,7,16-17,22-24,33-34,36H,5-6,8-15,18H2,1-3H3,(H,31,35). The molecule has 6 atom stereocenters. The van der Waals surface area contributed by atoms with Crippen LogP contribution >= 0.6 is 0 Å². The molecule has 202 valence electrons. The number of benzene rings is 1. The van der Waals surface area contributed by atoms with Gasteiger partial charge in [-0.25, -0.2) is 0 Å². The predicted molar refractivity (Wildman–Crippen MR) is 142 cm³/mol. The third kappa shape index (κ3) is 4.64. The lowest BCUT2D eigenvalue weighted by atomic mass is 9.46. The number of carbonyl (C=O) groups is 1. The fourth-order valence-corrected chi connectivity index (χ4v) is 8.18. The van der Waals surface area contributed by atoms with Crippen molar-refractivity contribution in [3.63, 3.8) is 0 Å². The van der Waals surface area contributed by atoms with Gasteiger partial charge in [0.2, 0.25) is 0 Å². The van der Waals surface area contributed by atoms with Crippen molar-refractivity contribution in [2.24, 2.45) is 33.7 Å². The summed E-state index contributed by atoms with van der Waals surface area (Å²) in [5, 5.41) is 37.2. The molecule has 0 saturated heterocycles. The Morgan fingerprint density at radius 2 is 1.84 bits per heavy atom. The molecule has 0 aliphatic heterocycles. The van der Waals surface area contributed by atoms with Gasteiger partial charge in [0.15, 0.2) is 18.1 Å². The average Bonchev–Trinajstić information content (AvgIpc) is 3.10. The fourth-order valence-electron chi connectivity index (χ4n) is 8.18. The summed E-state index contributed by atoms with van der Waals surface area (Å²) < 4.78 is 0. The van der Waals surface area contributed by atoms with Gasteiger partial charge in [-0.3, -0.25) is 4.79 Å². The zero-order valence-corrected chi connectivity index (χ0v) is 22.4. The number of allylic oxidation sites excluding steroid dienone is 2. The van der Waals surface area contributed by atoms with E-state index in [4.69, 9.17) is 4.84 Å². The number of carbonyl (C=O) groups excluding carboxylic acids is 1. The maximum Gasteiger partial charge on any atom is 0.260 e. The number of hydrogen-bond acceptors (Lipinski definition) is 6. The molecule has 0 aromatic heterocycles. The second kappa shape index (κ2) is 9.64. The van der Waals surface area contributed by atoms with E-state index >= 15 is 0 Å². The normalized spacial score (nSPS) is 37.8. The van der Waals surface area contributed by atoms with Crippen LogP contribution in [0.3, 0.4) is 0 Å². The van der Waals surface area contributed by atoms with Crippen molar-refractivity contribution in [1.29, 1.82) is 0 Å². The van der Waals surface area contributed by atoms with Crippen molar-refractivity contribution in [1.82, 2.24) is 5.32 Å². The first-order valence-corrected chi connectivity index (χ1v) is 13.9. The van der Waals surface area contributed by atoms with Crippen LogP contribution in [0, 0.1) is 28.6 Å². The first-order valence-electron chi connectivity index (χ1n) is 13.9. The minimum Gasteiger partial charge on any atom is -0.504 e. The number of oxime groups is 1. The third-order valence-electron chi connectivity index (χ3n) is 10.7. The lowest BCUT2D eigenvalue weighted by Gasteiger charge is -2.59. The van der Waals surface area contributed by atoms with Gasteiger partial charge < -0.3 is 25.5 Å². The number of hydrogen-bond donors (Lipinski definition) is 4. The summed E-state index contributed by atoms with van der Waals surface area (Å²) in [6, 6.07) is 4.64. The maximum atomic E-state index is 12.2. The smallest absolute Gasteiger partial charge is 0.260 e. The number of nitrogens with zero attached hydrogens (tertiary/aromatic N) is 1. The van der Waals surface area contributed by atoms with Gasteiger partial charge in [-0.2, -0.15) is 0 Å². The van der Waals surface area contributed by atoms with Gasteiger partial charge in [0.25, 0.3) is 5.91 Å². The highest BCUT2D eigenvalue weighted by Gasteiger charge is 2.62. The van der Waals surface area contributed by atoms with E-state index < -0.39 is 5.60 Å². The summed E-state index contributed by atoms with van der Waals surface area (Å²) in [5.74, 6) is 1.43. The van der Waals surface area contributed by atoms with Crippen LogP contribution in [-0.4, -0.2) is 45.7 Å². The first-order chi connectivity index (χ1) is 17.5. The molecule has 0 radical (unpaired) electrons. The van der Waals surface area contributed by atoms with Gasteiger partial charge in [-0.05, 0) is 117 Å². The van der Waals surface area contributed by atoms with Crippen LogP contribution in [0.5, 0.6) is 11.5 Å². The Bertz CT molecular complexity index is 1110. The molecule has 6 unspecified atom stereocenters. The van der Waals surface area contributed by atoms with Crippen molar-refractivity contribution < 1.29 is 25.0 Å². The zero-order chi connectivity index (χ0) is 26.4. The highest BCUT2D eigenvalue weighted by Crippen LogP contribution is 2.67. The average molecular weight is 511 g/mol. The van der Waals surface area contributed by atoms with Gasteiger partial charge in [0.05, 0.1) is 11.3 Å². The van der Waals surface area contributed by atoms with Crippen molar-refractivity contribution in [2.75, 3.05) is 13.2 Å². The largest absolute Gasteiger partial charge is 0.504 e. The van der Waals surface area contributed by atoms with Crippen LogP contribution < -0.4 is 5.32 Å². The number of rotatable bonds is 6. The topological polar surface area (TPSA) is 111 Å². The Balaban J connectivity index is 1.14. The number of amides is 1. The van der Waals surface area contributed by atoms with Crippen molar-refractivity contribution in [3.05, 3.63) is 35.4 Å². The molecule has 0 spiro atoms. The van der Waals surface area contributed by atoms with Crippen molar-refractivity contribution >= 4 is 11.6 Å². The molecule has 4 aliphatic rings. The molecule has 1 aromatic rings. The number of fused-ring (bicyclic) bond motifs is 5. The summed E-state index contributed by atoms with van der Waals surface area (Å²) in [5.41, 5.74) is 2.93. The third-order valence-corrected chi connectivity index (χ3v) is 10.7. The lowest BCUT2D eigenvalue weighted by molar-refractivity contribution is -0.125. The molecule has 5 rings (SSSR count). The summed E-state index contributed by atoms with van der Waals surface area (Å²) in [4.78, 5) is 17.6. The Hall–Kier alpha value is -2.54. The lowest BCUT2D eigenvalue weighted by Crippen LogP contribution is -2.53. The number of phenolic OH excluding ortho intramolecular Hbond substituents is 2. The summed E-state index contributed by atoms with van der Waals surface area (Å²) in [6.45, 7) is 7.13. The second-order valence-corrected chi connectivity index (χ2v) is 12.6. The van der Waals surface area contributed by atoms with E-state index in [9.17, 15) is 20.1 Å². The summed E-state index contributed by atoms with van der Waals surface area (Å²) >= 11 is 0. The molecule has 7 heteroatoms. The van der Waals surface area contributed by atoms with Crippen LogP contribution in [0.4, 0.5) is 0 Å². The summed E-state index contributed by atoms with van der Waals surface area (Å²) in [6.07, 6.45) is 11.3.